The van der Waals surface area contributed by atoms with Gasteiger partial charge in [0.1, 0.15) is 0 Å². The van der Waals surface area contributed by atoms with Crippen molar-refractivity contribution in [1.29, 1.82) is 0 Å². The molecule has 0 saturated heterocycles. The van der Waals surface area contributed by atoms with Crippen LogP contribution < -0.4 is 4.46 Å². The van der Waals surface area contributed by atoms with Crippen molar-refractivity contribution in [2.45, 2.75) is 6.42 Å². The summed E-state index contributed by atoms with van der Waals surface area (Å²) in [5.74, 6) is 0. The Kier molecular flexibility index (Phi) is 2.45. The van der Waals surface area contributed by atoms with E-state index in [-0.39, 0.29) is 0 Å². The van der Waals surface area contributed by atoms with Gasteiger partial charge in [0, 0.05) is 0 Å². The van der Waals surface area contributed by atoms with E-state index in [1.54, 1.807) is 4.47 Å². The molecule has 0 aliphatic heterocycles. The van der Waals surface area contributed by atoms with E-state index in [4.69, 9.17) is 0 Å². The molecule has 0 heterocycles. The minimum absolute atomic E-state index is 0.826. The average molecular weight is 197 g/mol. The van der Waals surface area contributed by atoms with Crippen LogP contribution in [0.5, 0.6) is 0 Å². The van der Waals surface area contributed by atoms with E-state index >= 15 is 0 Å². The molecule has 1 aromatic rings. The third-order valence-corrected chi connectivity index (χ3v) is 3.24. The third-order valence-electron chi connectivity index (χ3n) is 1.69. The van der Waals surface area contributed by atoms with Crippen molar-refractivity contribution in [2.24, 2.45) is 0 Å². The van der Waals surface area contributed by atoms with E-state index in [0.29, 0.717) is 0 Å². The fourth-order valence-corrected chi connectivity index (χ4v) is 2.44. The predicted molar refractivity (Wildman–Crippen MR) is 47.9 cm³/mol. The molecule has 0 unspecified atom stereocenters. The van der Waals surface area contributed by atoms with Crippen LogP contribution in [0.25, 0.3) is 0 Å². The van der Waals surface area contributed by atoms with Gasteiger partial charge in [0.05, 0.1) is 0 Å². The van der Waals surface area contributed by atoms with E-state index < -0.39 is 0 Å². The number of hydrogen-bond acceptors (Lipinski definition) is 0. The summed E-state index contributed by atoms with van der Waals surface area (Å²) in [6.07, 6.45) is 7.74. The first kappa shape index (κ1) is 7.85. The zero-order chi connectivity index (χ0) is 8.23. The molecule has 0 nitrogen and oxygen atoms in total. The van der Waals surface area contributed by atoms with Gasteiger partial charge in [-0.25, -0.2) is 0 Å². The number of benzene rings is 1. The summed E-state index contributed by atoms with van der Waals surface area (Å²) in [5.41, 5.74) is 0. The maximum atomic E-state index is 2.23. The number of allylic oxidation sites excluding steroid dienone is 4. The molecule has 1 heteroatoms. The van der Waals surface area contributed by atoms with Gasteiger partial charge in [0.15, 0.2) is 0 Å². The van der Waals surface area contributed by atoms with Crippen LogP contribution in [0.1, 0.15) is 6.42 Å². The third kappa shape index (κ3) is 1.88. The van der Waals surface area contributed by atoms with Gasteiger partial charge in [-0.15, -0.1) is 0 Å². The first-order valence-electron chi connectivity index (χ1n) is 4.01. The second-order valence-corrected chi connectivity index (χ2v) is 4.37. The second-order valence-electron chi connectivity index (χ2n) is 2.64. The summed E-state index contributed by atoms with van der Waals surface area (Å²) in [4.78, 5) is 0. The van der Waals surface area contributed by atoms with Crippen molar-refractivity contribution < 1.29 is 15.0 Å². The van der Waals surface area contributed by atoms with Gasteiger partial charge in [0.2, 0.25) is 0 Å². The Morgan fingerprint density at radius 1 is 1.08 bits per heavy atom. The van der Waals surface area contributed by atoms with Crippen LogP contribution in [-0.4, -0.2) is 0 Å². The molecule has 12 heavy (non-hydrogen) atoms. The Bertz CT molecular complexity index is 309. The van der Waals surface area contributed by atoms with Crippen molar-refractivity contribution >= 4 is 4.46 Å². The number of hydrogen-bond donors (Lipinski definition) is 0. The topological polar surface area (TPSA) is 0 Å². The first-order valence-corrected chi connectivity index (χ1v) is 5.19. The van der Waals surface area contributed by atoms with Crippen LogP contribution >= 0.6 is 0 Å². The van der Waals surface area contributed by atoms with Gasteiger partial charge in [-0.3, -0.25) is 0 Å². The normalized spacial score (nSPS) is 14.8. The Balaban J connectivity index is 2.05. The molecule has 2 rings (SSSR count). The molecule has 0 saturated carbocycles. The molecule has 1 aliphatic carbocycles. The summed E-state index contributed by atoms with van der Waals surface area (Å²) < 4.78 is 2.99. The molecular formula is C11H10Mn. The molecule has 0 amide bonds. The van der Waals surface area contributed by atoms with E-state index in [1.165, 1.54) is 4.46 Å². The van der Waals surface area contributed by atoms with Gasteiger partial charge >= 0.3 is 78.9 Å². The molecule has 0 N–H and O–H groups in total. The van der Waals surface area contributed by atoms with Crippen molar-refractivity contribution in [3.63, 3.8) is 0 Å². The molecule has 1 aromatic carbocycles. The van der Waals surface area contributed by atoms with E-state index in [0.717, 1.165) is 21.4 Å². The average Bonchev–Trinajstić information content (AvgIpc) is 2.59. The van der Waals surface area contributed by atoms with Crippen molar-refractivity contribution in [3.05, 3.63) is 53.0 Å². The Hall–Kier alpha value is -0.781. The van der Waals surface area contributed by atoms with Gasteiger partial charge in [-0.05, 0) is 0 Å². The summed E-state index contributed by atoms with van der Waals surface area (Å²) in [7, 11) is 0. The fourth-order valence-electron chi connectivity index (χ4n) is 1.11. The molecule has 61 valence electrons. The van der Waals surface area contributed by atoms with Crippen LogP contribution in [0.2, 0.25) is 0 Å². The molecular weight excluding hydrogens is 187 g/mol. The van der Waals surface area contributed by atoms with Crippen LogP contribution in [0, 0.1) is 0 Å². The standard InChI is InChI=1S/C6H5.C5H5.Mn/c1-2-4-6-5-3-1;1-2-4-5-3-1;/h1-5H;1-3H,4H2;. The first-order chi connectivity index (χ1) is 5.95. The van der Waals surface area contributed by atoms with Gasteiger partial charge in [-0.2, -0.15) is 0 Å². The molecule has 0 spiro atoms. The van der Waals surface area contributed by atoms with Crippen LogP contribution in [-0.2, 0) is 15.0 Å². The maximum absolute atomic E-state index is 2.23. The zero-order valence-electron chi connectivity index (χ0n) is 6.70. The van der Waals surface area contributed by atoms with Gasteiger partial charge < -0.3 is 0 Å². The van der Waals surface area contributed by atoms with E-state index in [2.05, 4.69) is 48.6 Å². The Morgan fingerprint density at radius 2 is 1.92 bits per heavy atom. The van der Waals surface area contributed by atoms with Crippen LogP contribution in [0.3, 0.4) is 0 Å². The summed E-state index contributed by atoms with van der Waals surface area (Å²) in [6, 6.07) is 10.7. The van der Waals surface area contributed by atoms with Crippen LogP contribution in [0.4, 0.5) is 0 Å². The number of rotatable bonds is 2. The van der Waals surface area contributed by atoms with Crippen molar-refractivity contribution in [2.75, 3.05) is 0 Å². The monoisotopic (exact) mass is 197 g/mol. The summed E-state index contributed by atoms with van der Waals surface area (Å²) in [5, 5.41) is 0. The molecule has 0 atom stereocenters. The van der Waals surface area contributed by atoms with Crippen molar-refractivity contribution in [1.82, 2.24) is 0 Å². The SMILES string of the molecule is C1=CC[C]([Mn][c]2ccccc2)=C1. The Labute approximate surface area is 79.2 Å². The van der Waals surface area contributed by atoms with Crippen molar-refractivity contribution in [3.8, 4) is 0 Å². The summed E-state index contributed by atoms with van der Waals surface area (Å²) in [6.45, 7) is 0. The van der Waals surface area contributed by atoms with E-state index in [9.17, 15) is 0 Å². The fraction of sp³-hybridized carbons (Fsp3) is 0.0909. The minimum atomic E-state index is 0.826. The molecule has 0 radical (unpaired) electrons. The molecule has 1 aliphatic rings. The molecule has 0 aromatic heterocycles. The molecule has 0 fully saturated rings. The predicted octanol–water partition coefficient (Wildman–Crippen LogP) is 2.24. The summed E-state index contributed by atoms with van der Waals surface area (Å²) >= 11 is 0.826. The quantitative estimate of drug-likeness (QED) is 0.638. The molecule has 0 bridgehead atoms. The van der Waals surface area contributed by atoms with Crippen LogP contribution in [0.15, 0.2) is 53.0 Å². The Morgan fingerprint density at radius 3 is 2.58 bits per heavy atom. The van der Waals surface area contributed by atoms with Gasteiger partial charge in [-0.1, -0.05) is 0 Å². The zero-order valence-corrected chi connectivity index (χ0v) is 7.88. The second kappa shape index (κ2) is 3.75. The van der Waals surface area contributed by atoms with Gasteiger partial charge in [0.25, 0.3) is 0 Å². The van der Waals surface area contributed by atoms with E-state index in [1.807, 2.05) is 0 Å².